The van der Waals surface area contributed by atoms with E-state index in [1.54, 1.807) is 0 Å². The Morgan fingerprint density at radius 1 is 0.968 bits per heavy atom. The number of carbonyl (C=O) groups is 1. The summed E-state index contributed by atoms with van der Waals surface area (Å²) < 4.78 is 0. The van der Waals surface area contributed by atoms with E-state index in [4.69, 9.17) is 4.98 Å². The molecule has 2 heterocycles. The fraction of sp³-hybridized carbons (Fsp3) is 0.560. The van der Waals surface area contributed by atoms with E-state index in [0.717, 1.165) is 36.8 Å². The molecule has 2 amide bonds. The fourth-order valence-corrected chi connectivity index (χ4v) is 4.52. The second-order valence-corrected chi connectivity index (χ2v) is 9.26. The van der Waals surface area contributed by atoms with Crippen LogP contribution >= 0.6 is 0 Å². The van der Waals surface area contributed by atoms with Crippen LogP contribution in [0, 0.1) is 6.92 Å². The zero-order chi connectivity index (χ0) is 22.0. The molecule has 1 N–H and O–H groups in total. The molecule has 1 aliphatic heterocycles. The minimum absolute atomic E-state index is 0.0101. The lowest BCUT2D eigenvalue weighted by Crippen LogP contribution is -2.52. The molecule has 1 unspecified atom stereocenters. The number of hydrogen-bond donors (Lipinski definition) is 1. The lowest BCUT2D eigenvalue weighted by molar-refractivity contribution is 0.191. The van der Waals surface area contributed by atoms with Crippen molar-refractivity contribution in [3.63, 3.8) is 0 Å². The molecule has 6 heteroatoms. The van der Waals surface area contributed by atoms with Crippen LogP contribution in [0.4, 0.5) is 10.6 Å². The number of aryl methyl sites for hydroxylation is 3. The highest BCUT2D eigenvalue weighted by atomic mass is 16.2. The lowest BCUT2D eigenvalue weighted by atomic mass is 9.89. The van der Waals surface area contributed by atoms with E-state index in [-0.39, 0.29) is 12.1 Å². The van der Waals surface area contributed by atoms with Crippen LogP contribution in [0.25, 0.3) is 0 Å². The van der Waals surface area contributed by atoms with Gasteiger partial charge in [0, 0.05) is 43.9 Å². The largest absolute Gasteiger partial charge is 0.353 e. The van der Waals surface area contributed by atoms with E-state index in [1.165, 1.54) is 36.0 Å². The molecule has 0 saturated carbocycles. The summed E-state index contributed by atoms with van der Waals surface area (Å²) in [5.74, 6) is 2.16. The Labute approximate surface area is 186 Å². The summed E-state index contributed by atoms with van der Waals surface area (Å²) in [6.45, 7) is 11.3. The van der Waals surface area contributed by atoms with Gasteiger partial charge in [0.25, 0.3) is 0 Å². The van der Waals surface area contributed by atoms with Crippen LogP contribution < -0.4 is 10.2 Å². The van der Waals surface area contributed by atoms with Crippen LogP contribution in [0.15, 0.2) is 24.3 Å². The molecular formula is C25H35N5O. The summed E-state index contributed by atoms with van der Waals surface area (Å²) >= 11 is 0. The highest BCUT2D eigenvalue weighted by Gasteiger charge is 2.24. The summed E-state index contributed by atoms with van der Waals surface area (Å²) in [5.41, 5.74) is 5.13. The van der Waals surface area contributed by atoms with Crippen LogP contribution in [0.1, 0.15) is 73.8 Å². The molecule has 0 spiro atoms. The maximum atomic E-state index is 12.9. The third-order valence-corrected chi connectivity index (χ3v) is 6.48. The van der Waals surface area contributed by atoms with Crippen molar-refractivity contribution in [3.05, 3.63) is 52.5 Å². The normalized spacial score (nSPS) is 17.5. The smallest absolute Gasteiger partial charge is 0.317 e. The van der Waals surface area contributed by atoms with Gasteiger partial charge in [-0.05, 0) is 56.2 Å². The minimum Gasteiger partial charge on any atom is -0.353 e. The average molecular weight is 422 g/mol. The standard InChI is InChI=1S/C25H35N5O/c1-17(2)24-26-18(3)15-23(28-24)29-11-13-30(14-12-29)25(31)27-19(4)21-10-9-20-7-5-6-8-22(20)16-21/h9-10,15-17,19H,5-8,11-14H2,1-4H3,(H,27,31). The number of anilines is 1. The van der Waals surface area contributed by atoms with Gasteiger partial charge < -0.3 is 15.1 Å². The number of benzene rings is 1. The molecule has 1 atom stereocenters. The molecule has 4 rings (SSSR count). The molecule has 6 nitrogen and oxygen atoms in total. The average Bonchev–Trinajstić information content (AvgIpc) is 2.78. The Hall–Kier alpha value is -2.63. The number of hydrogen-bond acceptors (Lipinski definition) is 4. The zero-order valence-corrected chi connectivity index (χ0v) is 19.3. The van der Waals surface area contributed by atoms with Crippen molar-refractivity contribution in [3.8, 4) is 0 Å². The van der Waals surface area contributed by atoms with Crippen LogP contribution in [0.5, 0.6) is 0 Å². The number of rotatable bonds is 4. The summed E-state index contributed by atoms with van der Waals surface area (Å²) in [6.07, 6.45) is 4.90. The molecule has 1 aromatic heterocycles. The minimum atomic E-state index is 0.0101. The van der Waals surface area contributed by atoms with Gasteiger partial charge in [-0.3, -0.25) is 0 Å². The number of carbonyl (C=O) groups excluding carboxylic acids is 1. The topological polar surface area (TPSA) is 61.4 Å². The first-order valence-corrected chi connectivity index (χ1v) is 11.7. The quantitative estimate of drug-likeness (QED) is 0.796. The Bertz CT molecular complexity index is 934. The van der Waals surface area contributed by atoms with Gasteiger partial charge in [-0.2, -0.15) is 0 Å². The number of urea groups is 1. The number of piperazine rings is 1. The lowest BCUT2D eigenvalue weighted by Gasteiger charge is -2.36. The first-order valence-electron chi connectivity index (χ1n) is 11.7. The maximum absolute atomic E-state index is 12.9. The van der Waals surface area contributed by atoms with Gasteiger partial charge in [-0.1, -0.05) is 32.0 Å². The molecule has 1 aromatic carbocycles. The van der Waals surface area contributed by atoms with Gasteiger partial charge in [0.15, 0.2) is 0 Å². The molecule has 166 valence electrons. The molecule has 1 aliphatic carbocycles. The van der Waals surface area contributed by atoms with Crippen molar-refractivity contribution < 1.29 is 4.79 Å². The Morgan fingerprint density at radius 3 is 2.39 bits per heavy atom. The maximum Gasteiger partial charge on any atom is 0.317 e. The van der Waals surface area contributed by atoms with E-state index in [1.807, 2.05) is 17.9 Å². The summed E-state index contributed by atoms with van der Waals surface area (Å²) in [7, 11) is 0. The first-order chi connectivity index (χ1) is 14.9. The van der Waals surface area contributed by atoms with Gasteiger partial charge in [-0.15, -0.1) is 0 Å². The molecule has 2 aromatic rings. The molecule has 0 bridgehead atoms. The number of aromatic nitrogens is 2. The van der Waals surface area contributed by atoms with Crippen LogP contribution in [0.2, 0.25) is 0 Å². The van der Waals surface area contributed by atoms with Gasteiger partial charge >= 0.3 is 6.03 Å². The number of nitrogens with zero attached hydrogens (tertiary/aromatic N) is 4. The molecule has 31 heavy (non-hydrogen) atoms. The molecule has 1 fully saturated rings. The van der Waals surface area contributed by atoms with Gasteiger partial charge in [0.05, 0.1) is 6.04 Å². The molecule has 1 saturated heterocycles. The van der Waals surface area contributed by atoms with E-state index in [9.17, 15) is 4.79 Å². The van der Waals surface area contributed by atoms with Crippen molar-refractivity contribution >= 4 is 11.8 Å². The second-order valence-electron chi connectivity index (χ2n) is 9.26. The highest BCUT2D eigenvalue weighted by molar-refractivity contribution is 5.75. The monoisotopic (exact) mass is 421 g/mol. The van der Waals surface area contributed by atoms with Crippen molar-refractivity contribution in [1.29, 1.82) is 0 Å². The Kier molecular flexibility index (Phi) is 6.44. The predicted octanol–water partition coefficient (Wildman–Crippen LogP) is 4.38. The van der Waals surface area contributed by atoms with E-state index < -0.39 is 0 Å². The highest BCUT2D eigenvalue weighted by Crippen LogP contribution is 2.25. The van der Waals surface area contributed by atoms with Gasteiger partial charge in [0.1, 0.15) is 11.6 Å². The number of fused-ring (bicyclic) bond motifs is 1. The van der Waals surface area contributed by atoms with Crippen molar-refractivity contribution in [1.82, 2.24) is 20.2 Å². The van der Waals surface area contributed by atoms with Gasteiger partial charge in [0.2, 0.25) is 0 Å². The van der Waals surface area contributed by atoms with Crippen LogP contribution in [-0.2, 0) is 12.8 Å². The molecular weight excluding hydrogens is 386 g/mol. The second kappa shape index (κ2) is 9.25. The predicted molar refractivity (Wildman–Crippen MR) is 125 cm³/mol. The number of amides is 2. The summed E-state index contributed by atoms with van der Waals surface area (Å²) in [6, 6.07) is 8.79. The van der Waals surface area contributed by atoms with E-state index >= 15 is 0 Å². The Morgan fingerprint density at radius 2 is 1.68 bits per heavy atom. The van der Waals surface area contributed by atoms with E-state index in [2.05, 4.69) is 54.2 Å². The third kappa shape index (κ3) is 5.00. The fourth-order valence-electron chi connectivity index (χ4n) is 4.52. The van der Waals surface area contributed by atoms with Crippen LogP contribution in [0.3, 0.4) is 0 Å². The molecule has 2 aliphatic rings. The van der Waals surface area contributed by atoms with E-state index in [0.29, 0.717) is 19.0 Å². The van der Waals surface area contributed by atoms with Crippen LogP contribution in [-0.4, -0.2) is 47.1 Å². The third-order valence-electron chi connectivity index (χ3n) is 6.48. The number of nitrogens with one attached hydrogen (secondary N) is 1. The SMILES string of the molecule is Cc1cc(N2CCN(C(=O)NC(C)c3ccc4c(c3)CCCC4)CC2)nc(C(C)C)n1. The summed E-state index contributed by atoms with van der Waals surface area (Å²) in [5, 5.41) is 3.20. The van der Waals surface area contributed by atoms with Gasteiger partial charge in [-0.25, -0.2) is 14.8 Å². The van der Waals surface area contributed by atoms with Crippen molar-refractivity contribution in [2.45, 2.75) is 65.3 Å². The first kappa shape index (κ1) is 21.6. The summed E-state index contributed by atoms with van der Waals surface area (Å²) in [4.78, 5) is 26.4. The molecule has 0 radical (unpaired) electrons. The zero-order valence-electron chi connectivity index (χ0n) is 19.3. The Balaban J connectivity index is 1.34. The van der Waals surface area contributed by atoms with Crippen molar-refractivity contribution in [2.75, 3.05) is 31.1 Å². The van der Waals surface area contributed by atoms with Crippen molar-refractivity contribution in [2.24, 2.45) is 0 Å².